The molecular weight excluding hydrogens is 205 g/mol. The molecule has 3 N–H and O–H groups in total. The van der Waals surface area contributed by atoms with Crippen molar-refractivity contribution in [2.75, 3.05) is 12.0 Å². The second-order valence-corrected chi connectivity index (χ2v) is 5.01. The molecule has 0 spiro atoms. The molecule has 0 aromatic carbocycles. The van der Waals surface area contributed by atoms with Gasteiger partial charge in [-0.2, -0.15) is 0 Å². The summed E-state index contributed by atoms with van der Waals surface area (Å²) in [7, 11) is 0. The zero-order valence-electron chi connectivity index (χ0n) is 5.24. The van der Waals surface area contributed by atoms with E-state index in [2.05, 4.69) is 0 Å². The molecule has 0 heterocycles. The Morgan fingerprint density at radius 1 is 1.89 bits per heavy atom. The van der Waals surface area contributed by atoms with Gasteiger partial charge in [0.15, 0.2) is 0 Å². The summed E-state index contributed by atoms with van der Waals surface area (Å²) in [5.41, 5.74) is 5.28. The fraction of sp³-hybridized carbons (Fsp3) is 1.00. The number of hydrogen-bond acceptors (Lipinski definition) is 3. The van der Waals surface area contributed by atoms with Crippen LogP contribution in [0, 0.1) is 0 Å². The van der Waals surface area contributed by atoms with Crippen molar-refractivity contribution >= 4 is 25.9 Å². The second-order valence-electron chi connectivity index (χ2n) is 1.60. The van der Waals surface area contributed by atoms with E-state index in [1.54, 1.807) is 11.8 Å². The van der Waals surface area contributed by atoms with E-state index in [-0.39, 0.29) is 0 Å². The van der Waals surface area contributed by atoms with Crippen LogP contribution in [0.1, 0.15) is 6.42 Å². The van der Waals surface area contributed by atoms with E-state index in [0.717, 1.165) is 5.75 Å². The van der Waals surface area contributed by atoms with Gasteiger partial charge in [0.05, 0.1) is 0 Å². The summed E-state index contributed by atoms with van der Waals surface area (Å²) in [5.74, 6) is 0.865. The molecule has 9 heavy (non-hydrogen) atoms. The molecule has 0 saturated heterocycles. The molecule has 0 bridgehead atoms. The van der Waals surface area contributed by atoms with Gasteiger partial charge in [-0.3, -0.25) is 0 Å². The number of rotatable bonds is 4. The Bertz CT molecular complexity index is 101. The molecule has 0 saturated carbocycles. The van der Waals surface area contributed by atoms with Gasteiger partial charge in [0.2, 0.25) is 0 Å². The van der Waals surface area contributed by atoms with Crippen LogP contribution in [0.15, 0.2) is 0 Å². The second kappa shape index (κ2) is 5.38. The molecule has 1 unspecified atom stereocenters. The summed E-state index contributed by atoms with van der Waals surface area (Å²) in [6.07, 6.45) is 2.59. The molecule has 2 atom stereocenters. The predicted molar refractivity (Wildman–Crippen MR) is 39.6 cm³/mol. The van der Waals surface area contributed by atoms with Gasteiger partial charge in [0.1, 0.15) is 0 Å². The zero-order chi connectivity index (χ0) is 7.28. The molecule has 56 valence electrons. The van der Waals surface area contributed by atoms with E-state index >= 15 is 0 Å². The van der Waals surface area contributed by atoms with Gasteiger partial charge in [-0.05, 0) is 0 Å². The van der Waals surface area contributed by atoms with Gasteiger partial charge in [-0.25, -0.2) is 0 Å². The van der Waals surface area contributed by atoms with E-state index in [1.165, 1.54) is 0 Å². The first-order valence-corrected chi connectivity index (χ1v) is 6.37. The summed E-state index contributed by atoms with van der Waals surface area (Å²) in [6.45, 7) is 0. The van der Waals surface area contributed by atoms with Crippen molar-refractivity contribution in [3.63, 3.8) is 0 Å². The van der Waals surface area contributed by atoms with Gasteiger partial charge in [-0.1, -0.05) is 0 Å². The van der Waals surface area contributed by atoms with Crippen molar-refractivity contribution in [3.8, 4) is 0 Å². The summed E-state index contributed by atoms with van der Waals surface area (Å²) >= 11 is -1.03. The molecule has 0 aliphatic rings. The third kappa shape index (κ3) is 5.06. The zero-order valence-corrected chi connectivity index (χ0v) is 7.77. The van der Waals surface area contributed by atoms with Crippen LogP contribution in [0.3, 0.4) is 0 Å². The van der Waals surface area contributed by atoms with Gasteiger partial charge >= 0.3 is 63.1 Å². The van der Waals surface area contributed by atoms with Crippen LogP contribution in [-0.4, -0.2) is 35.3 Å². The minimum atomic E-state index is -2.66. The van der Waals surface area contributed by atoms with Gasteiger partial charge in [0.25, 0.3) is 0 Å². The van der Waals surface area contributed by atoms with Gasteiger partial charge in [-0.15, -0.1) is 0 Å². The van der Waals surface area contributed by atoms with Crippen molar-refractivity contribution in [1.82, 2.24) is 0 Å². The van der Waals surface area contributed by atoms with Crippen molar-refractivity contribution < 1.29 is 8.02 Å². The SMILES string of the molecule is CSCC[C@H](N)[Se](=O)O. The van der Waals surface area contributed by atoms with E-state index < -0.39 is 19.1 Å². The number of hydrogen-bond donors (Lipinski definition) is 2. The van der Waals surface area contributed by atoms with Crippen molar-refractivity contribution in [2.45, 2.75) is 11.4 Å². The molecule has 0 amide bonds. The maximum absolute atomic E-state index is 10.3. The van der Waals surface area contributed by atoms with Crippen molar-refractivity contribution in [3.05, 3.63) is 0 Å². The predicted octanol–water partition coefficient (Wildman–Crippen LogP) is -0.483. The number of thioether (sulfide) groups is 1. The van der Waals surface area contributed by atoms with Crippen LogP contribution in [0.25, 0.3) is 0 Å². The van der Waals surface area contributed by atoms with Crippen LogP contribution in [0.2, 0.25) is 0 Å². The van der Waals surface area contributed by atoms with Gasteiger partial charge < -0.3 is 0 Å². The molecule has 0 rings (SSSR count). The van der Waals surface area contributed by atoms with Crippen molar-refractivity contribution in [1.29, 1.82) is 0 Å². The summed E-state index contributed by atoms with van der Waals surface area (Å²) in [5, 5.41) is 0. The Kier molecular flexibility index (Phi) is 5.73. The van der Waals surface area contributed by atoms with E-state index in [1.807, 2.05) is 6.26 Å². The molecule has 0 aromatic heterocycles. The molecule has 5 heteroatoms. The average molecular weight is 216 g/mol. The Hall–Kier alpha value is 0.589. The van der Waals surface area contributed by atoms with E-state index in [9.17, 15) is 3.83 Å². The van der Waals surface area contributed by atoms with Crippen molar-refractivity contribution in [2.24, 2.45) is 5.73 Å². The third-order valence-corrected chi connectivity index (χ3v) is 3.09. The Labute approximate surface area is 63.4 Å². The fourth-order valence-corrected chi connectivity index (χ4v) is 1.83. The molecule has 0 aliphatic carbocycles. The Balaban J connectivity index is 3.27. The normalized spacial score (nSPS) is 17.2. The molecule has 0 radical (unpaired) electrons. The summed E-state index contributed by atoms with van der Waals surface area (Å²) in [4.78, 5) is -0.475. The number of nitrogens with two attached hydrogens (primary N) is 1. The monoisotopic (exact) mass is 217 g/mol. The first-order chi connectivity index (χ1) is 4.18. The van der Waals surface area contributed by atoms with E-state index in [4.69, 9.17) is 9.92 Å². The minimum absolute atomic E-state index is 0.475. The fourth-order valence-electron chi connectivity index (χ4n) is 0.335. The average Bonchev–Trinajstić information content (AvgIpc) is 1.82. The van der Waals surface area contributed by atoms with E-state index in [0.29, 0.717) is 6.42 Å². The van der Waals surface area contributed by atoms with Crippen LogP contribution in [0.5, 0.6) is 0 Å². The first kappa shape index (κ1) is 9.59. The molecule has 3 nitrogen and oxygen atoms in total. The Morgan fingerprint density at radius 2 is 2.44 bits per heavy atom. The van der Waals surface area contributed by atoms with Crippen LogP contribution in [0.4, 0.5) is 0 Å². The standard InChI is InChI=1S/C4H11NO2SSe/c1-8-3-2-4(5)9(6)7/h4H,2-3,5H2,1H3,(H,6,7)/t4-/m1/s1. The molecule has 0 aromatic rings. The topological polar surface area (TPSA) is 63.3 Å². The third-order valence-electron chi connectivity index (χ3n) is 0.865. The molecule has 0 aliphatic heterocycles. The van der Waals surface area contributed by atoms with Crippen LogP contribution in [-0.2, 0) is 3.83 Å². The quantitative estimate of drug-likeness (QED) is 0.623. The summed E-state index contributed by atoms with van der Waals surface area (Å²) < 4.78 is 18.8. The first-order valence-electron chi connectivity index (χ1n) is 2.52. The Morgan fingerprint density at radius 3 is 2.78 bits per heavy atom. The van der Waals surface area contributed by atoms with Crippen LogP contribution >= 0.6 is 11.8 Å². The summed E-state index contributed by atoms with van der Waals surface area (Å²) in [6, 6.07) is 0. The molecular formula is C4H11NO2SSe. The van der Waals surface area contributed by atoms with Crippen LogP contribution < -0.4 is 5.73 Å². The van der Waals surface area contributed by atoms with Gasteiger partial charge in [0, 0.05) is 0 Å². The maximum atomic E-state index is 10.3. The molecule has 0 fully saturated rings.